The van der Waals surface area contributed by atoms with Gasteiger partial charge in [-0.2, -0.15) is 0 Å². The highest BCUT2D eigenvalue weighted by Crippen LogP contribution is 2.43. The van der Waals surface area contributed by atoms with Crippen LogP contribution in [0.3, 0.4) is 0 Å². The van der Waals surface area contributed by atoms with E-state index in [4.69, 9.17) is 9.47 Å². The molecule has 200 valence electrons. The Morgan fingerprint density at radius 3 is 2.67 bits per heavy atom. The Morgan fingerprint density at radius 1 is 1.10 bits per heavy atom. The van der Waals surface area contributed by atoms with Crippen molar-refractivity contribution in [3.63, 3.8) is 0 Å². The summed E-state index contributed by atoms with van der Waals surface area (Å²) < 4.78 is 12.6. The average Bonchev–Trinajstić information content (AvgIpc) is 2.93. The van der Waals surface area contributed by atoms with E-state index in [1.807, 2.05) is 62.4 Å². The Labute approximate surface area is 236 Å². The maximum atomic E-state index is 13.7. The number of benzene rings is 2. The number of dihydropyridines is 1. The van der Waals surface area contributed by atoms with Gasteiger partial charge in [-0.1, -0.05) is 24.3 Å². The number of Topliss-reactive ketones (excluding diaryl/α,β-unsaturated/α-hetero) is 1. The van der Waals surface area contributed by atoms with Gasteiger partial charge < -0.3 is 20.1 Å². The monoisotopic (exact) mass is 587 g/mol. The van der Waals surface area contributed by atoms with Crippen LogP contribution >= 0.6 is 15.9 Å². The number of halogens is 1. The minimum absolute atomic E-state index is 0.0573. The van der Waals surface area contributed by atoms with Crippen LogP contribution < -0.4 is 20.1 Å². The number of carbonyl (C=O) groups excluding carboxylic acids is 2. The summed E-state index contributed by atoms with van der Waals surface area (Å²) in [6, 6.07) is 17.1. The highest BCUT2D eigenvalue weighted by atomic mass is 79.9. The maximum Gasteiger partial charge on any atom is 0.255 e. The molecule has 3 aromatic rings. The second-order valence-electron chi connectivity index (χ2n) is 9.73. The van der Waals surface area contributed by atoms with E-state index in [-0.39, 0.29) is 18.3 Å². The summed E-state index contributed by atoms with van der Waals surface area (Å²) in [5.41, 5.74) is 5.39. The van der Waals surface area contributed by atoms with Crippen LogP contribution in [0.25, 0.3) is 0 Å². The van der Waals surface area contributed by atoms with Gasteiger partial charge in [-0.25, -0.2) is 4.98 Å². The van der Waals surface area contributed by atoms with Gasteiger partial charge in [-0.05, 0) is 84.1 Å². The SMILES string of the molecule is COc1ccc([C@@H]2C(C(=O)Nc3ccc(C)cn3)=C(C)NC3=C2C(=O)CCC3)cc1COc1ccccc1Br. The standard InChI is InChI=1S/C31H30BrN3O4/c1-18-11-14-27(33-16-18)35-31(37)28-19(2)34-23-8-6-9-24(36)30(23)29(28)20-12-13-25(38-3)21(15-20)17-39-26-10-5-4-7-22(26)32/h4-5,7,10-16,29,34H,6,8-9,17H2,1-3H3,(H,33,35,37)/t29-/m1/s1. The molecule has 2 N–H and O–H groups in total. The molecule has 1 aliphatic carbocycles. The minimum Gasteiger partial charge on any atom is -0.496 e. The number of aryl methyl sites for hydroxylation is 1. The number of ether oxygens (including phenoxy) is 2. The molecule has 0 unspecified atom stereocenters. The van der Waals surface area contributed by atoms with Gasteiger partial charge in [0.2, 0.25) is 0 Å². The third kappa shape index (κ3) is 5.61. The molecule has 2 aliphatic rings. The van der Waals surface area contributed by atoms with E-state index >= 15 is 0 Å². The first kappa shape index (κ1) is 26.7. The van der Waals surface area contributed by atoms with Crippen molar-refractivity contribution in [1.29, 1.82) is 0 Å². The number of pyridine rings is 1. The van der Waals surface area contributed by atoms with Gasteiger partial charge in [0.05, 0.1) is 11.6 Å². The van der Waals surface area contributed by atoms with Crippen molar-refractivity contribution >= 4 is 33.4 Å². The number of hydrogen-bond donors (Lipinski definition) is 2. The molecule has 5 rings (SSSR count). The third-order valence-corrected chi connectivity index (χ3v) is 7.69. The normalized spacial score (nSPS) is 16.9. The predicted octanol–water partition coefficient (Wildman–Crippen LogP) is 6.35. The second-order valence-corrected chi connectivity index (χ2v) is 10.6. The quantitative estimate of drug-likeness (QED) is 0.335. The molecular formula is C31H30BrN3O4. The first-order valence-electron chi connectivity index (χ1n) is 12.9. The summed E-state index contributed by atoms with van der Waals surface area (Å²) in [5, 5.41) is 6.30. The van der Waals surface area contributed by atoms with E-state index in [1.165, 1.54) is 0 Å². The number of nitrogens with one attached hydrogen (secondary N) is 2. The summed E-state index contributed by atoms with van der Waals surface area (Å²) in [4.78, 5) is 31.4. The van der Waals surface area contributed by atoms with Crippen molar-refractivity contribution in [3.8, 4) is 11.5 Å². The minimum atomic E-state index is -0.535. The number of ketones is 1. The van der Waals surface area contributed by atoms with Gasteiger partial charge >= 0.3 is 0 Å². The number of para-hydroxylation sites is 1. The number of hydrogen-bond acceptors (Lipinski definition) is 6. The molecule has 1 atom stereocenters. The Morgan fingerprint density at radius 2 is 1.92 bits per heavy atom. The highest BCUT2D eigenvalue weighted by molar-refractivity contribution is 9.10. The Balaban J connectivity index is 1.55. The second kappa shape index (κ2) is 11.5. The largest absolute Gasteiger partial charge is 0.496 e. The van der Waals surface area contributed by atoms with Gasteiger partial charge in [0, 0.05) is 46.6 Å². The third-order valence-electron chi connectivity index (χ3n) is 7.03. The van der Waals surface area contributed by atoms with Crippen LogP contribution in [0, 0.1) is 6.92 Å². The Kier molecular flexibility index (Phi) is 7.84. The van der Waals surface area contributed by atoms with Crippen LogP contribution in [-0.4, -0.2) is 23.8 Å². The fourth-order valence-corrected chi connectivity index (χ4v) is 5.55. The molecule has 39 heavy (non-hydrogen) atoms. The van der Waals surface area contributed by atoms with E-state index in [0.29, 0.717) is 34.9 Å². The number of rotatable bonds is 7. The molecule has 0 radical (unpaired) electrons. The molecule has 2 aromatic carbocycles. The van der Waals surface area contributed by atoms with Crippen molar-refractivity contribution in [2.75, 3.05) is 12.4 Å². The highest BCUT2D eigenvalue weighted by Gasteiger charge is 2.38. The van der Waals surface area contributed by atoms with Gasteiger partial charge in [-0.15, -0.1) is 0 Å². The summed E-state index contributed by atoms with van der Waals surface area (Å²) in [6.45, 7) is 4.08. The molecule has 1 aliphatic heterocycles. The predicted molar refractivity (Wildman–Crippen MR) is 154 cm³/mol. The Bertz CT molecular complexity index is 1490. The van der Waals surface area contributed by atoms with Crippen molar-refractivity contribution in [2.24, 2.45) is 0 Å². The van der Waals surface area contributed by atoms with Crippen LogP contribution in [0.2, 0.25) is 0 Å². The van der Waals surface area contributed by atoms with Crippen LogP contribution in [-0.2, 0) is 16.2 Å². The molecule has 2 heterocycles. The van der Waals surface area contributed by atoms with Gasteiger partial charge in [0.1, 0.15) is 23.9 Å². The zero-order valence-electron chi connectivity index (χ0n) is 22.1. The lowest BCUT2D eigenvalue weighted by Crippen LogP contribution is -2.35. The molecule has 0 saturated carbocycles. The number of carbonyl (C=O) groups is 2. The summed E-state index contributed by atoms with van der Waals surface area (Å²) in [5.74, 6) is 1.05. The summed E-state index contributed by atoms with van der Waals surface area (Å²) in [7, 11) is 1.62. The lowest BCUT2D eigenvalue weighted by atomic mass is 9.74. The van der Waals surface area contributed by atoms with E-state index < -0.39 is 5.92 Å². The fraction of sp³-hybridized carbons (Fsp3) is 0.258. The summed E-state index contributed by atoms with van der Waals surface area (Å²) in [6.07, 6.45) is 3.71. The molecule has 1 aromatic heterocycles. The van der Waals surface area contributed by atoms with Crippen molar-refractivity contribution in [1.82, 2.24) is 10.3 Å². The van der Waals surface area contributed by atoms with E-state index in [1.54, 1.807) is 19.4 Å². The van der Waals surface area contributed by atoms with Crippen molar-refractivity contribution in [3.05, 3.63) is 104 Å². The van der Waals surface area contributed by atoms with Crippen LogP contribution in [0.1, 0.15) is 48.8 Å². The smallest absolute Gasteiger partial charge is 0.255 e. The van der Waals surface area contributed by atoms with Crippen LogP contribution in [0.5, 0.6) is 11.5 Å². The first-order chi connectivity index (χ1) is 18.9. The number of allylic oxidation sites excluding steroid dienone is 3. The number of nitrogens with zero attached hydrogens (tertiary/aromatic N) is 1. The zero-order chi connectivity index (χ0) is 27.5. The molecule has 0 fully saturated rings. The van der Waals surface area contributed by atoms with E-state index in [2.05, 4.69) is 31.5 Å². The van der Waals surface area contributed by atoms with Gasteiger partial charge in [0.15, 0.2) is 5.78 Å². The molecule has 1 amide bonds. The maximum absolute atomic E-state index is 13.7. The summed E-state index contributed by atoms with van der Waals surface area (Å²) >= 11 is 3.53. The molecule has 0 saturated heterocycles. The van der Waals surface area contributed by atoms with E-state index in [0.717, 1.165) is 45.4 Å². The van der Waals surface area contributed by atoms with Crippen molar-refractivity contribution in [2.45, 2.75) is 45.6 Å². The average molecular weight is 589 g/mol. The number of amides is 1. The van der Waals surface area contributed by atoms with Crippen LogP contribution in [0.15, 0.2) is 87.8 Å². The molecular weight excluding hydrogens is 558 g/mol. The van der Waals surface area contributed by atoms with Crippen molar-refractivity contribution < 1.29 is 19.1 Å². The first-order valence-corrected chi connectivity index (χ1v) is 13.7. The van der Waals surface area contributed by atoms with E-state index in [9.17, 15) is 9.59 Å². The number of methoxy groups -OCH3 is 1. The molecule has 0 bridgehead atoms. The van der Waals surface area contributed by atoms with Gasteiger partial charge in [-0.3, -0.25) is 9.59 Å². The zero-order valence-corrected chi connectivity index (χ0v) is 23.7. The molecule has 7 nitrogen and oxygen atoms in total. The molecule has 0 spiro atoms. The van der Waals surface area contributed by atoms with Crippen LogP contribution in [0.4, 0.5) is 5.82 Å². The fourth-order valence-electron chi connectivity index (χ4n) is 5.15. The number of aromatic nitrogens is 1. The Hall–Kier alpha value is -3.91. The molecule has 8 heteroatoms. The lowest BCUT2D eigenvalue weighted by Gasteiger charge is -2.34. The number of anilines is 1. The lowest BCUT2D eigenvalue weighted by molar-refractivity contribution is -0.116. The topological polar surface area (TPSA) is 89.5 Å². The van der Waals surface area contributed by atoms with Gasteiger partial charge in [0.25, 0.3) is 5.91 Å².